The fraction of sp³-hybridized carbons (Fsp3) is 0.423. The Labute approximate surface area is 209 Å². The van der Waals surface area contributed by atoms with Crippen LogP contribution in [0.4, 0.5) is 5.69 Å². The number of aliphatic imine (C=N–C) groups is 1. The van der Waals surface area contributed by atoms with E-state index in [2.05, 4.69) is 15.3 Å². The third-order valence-electron chi connectivity index (χ3n) is 6.70. The van der Waals surface area contributed by atoms with Crippen molar-refractivity contribution >= 4 is 29.2 Å². The molecule has 5 rings (SSSR count). The van der Waals surface area contributed by atoms with Crippen LogP contribution >= 0.6 is 0 Å². The van der Waals surface area contributed by atoms with Crippen LogP contribution in [-0.4, -0.2) is 90.3 Å². The van der Waals surface area contributed by atoms with Crippen molar-refractivity contribution in [3.8, 4) is 5.75 Å². The number of methoxy groups -OCH3 is 1. The lowest BCUT2D eigenvalue weighted by atomic mass is 9.95. The lowest BCUT2D eigenvalue weighted by Crippen LogP contribution is -2.52. The summed E-state index contributed by atoms with van der Waals surface area (Å²) in [6, 6.07) is 9.04. The smallest absolute Gasteiger partial charge is 0.290 e. The molecule has 1 aromatic heterocycles. The number of nitrogens with zero attached hydrogens (tertiary/aromatic N) is 4. The zero-order valence-corrected chi connectivity index (χ0v) is 20.6. The second-order valence-electron chi connectivity index (χ2n) is 9.73. The quantitative estimate of drug-likeness (QED) is 0.634. The number of pyridine rings is 1. The molecule has 0 spiro atoms. The summed E-state index contributed by atoms with van der Waals surface area (Å²) < 4.78 is 11.3. The molecule has 1 unspecified atom stereocenters. The number of hydrogen-bond acceptors (Lipinski definition) is 8. The molecule has 2 aromatic rings. The molecule has 0 aliphatic carbocycles. The maximum absolute atomic E-state index is 13.4. The Morgan fingerprint density at radius 1 is 1.08 bits per heavy atom. The van der Waals surface area contributed by atoms with Gasteiger partial charge in [0, 0.05) is 43.9 Å². The predicted molar refractivity (Wildman–Crippen MR) is 133 cm³/mol. The second kappa shape index (κ2) is 9.25. The maximum Gasteiger partial charge on any atom is 0.290 e. The number of benzene rings is 1. The zero-order valence-electron chi connectivity index (χ0n) is 20.6. The van der Waals surface area contributed by atoms with Gasteiger partial charge in [-0.2, -0.15) is 0 Å². The van der Waals surface area contributed by atoms with Crippen molar-refractivity contribution in [2.75, 3.05) is 51.8 Å². The molecule has 1 saturated heterocycles. The first-order valence-corrected chi connectivity index (χ1v) is 12.0. The summed E-state index contributed by atoms with van der Waals surface area (Å²) in [5, 5.41) is 3.23. The fourth-order valence-corrected chi connectivity index (χ4v) is 4.77. The molecular weight excluding hydrogens is 462 g/mol. The first-order valence-electron chi connectivity index (χ1n) is 12.0. The average molecular weight is 492 g/mol. The maximum atomic E-state index is 13.4. The van der Waals surface area contributed by atoms with Crippen molar-refractivity contribution in [1.82, 2.24) is 14.8 Å². The highest BCUT2D eigenvalue weighted by molar-refractivity contribution is 6.38. The van der Waals surface area contributed by atoms with E-state index in [1.807, 2.05) is 32.0 Å². The number of amides is 2. The molecule has 1 atom stereocenters. The van der Waals surface area contributed by atoms with Gasteiger partial charge in [-0.15, -0.1) is 0 Å². The van der Waals surface area contributed by atoms with E-state index in [0.717, 1.165) is 0 Å². The van der Waals surface area contributed by atoms with Crippen LogP contribution in [0.2, 0.25) is 0 Å². The normalized spacial score (nSPS) is 20.2. The standard InChI is InChI=1S/C26H29N5O5/c1-26(2)15-36-23(29-26)21-20-19(18(35-3)14-28-21)17(13-27-20)22(32)25(34)31-11-9-30(10-12-31)24(33)16-7-5-4-6-8-16/h4-8,14,17,27H,9-13,15H2,1-3H3. The Hall–Kier alpha value is -3.95. The fourth-order valence-electron chi connectivity index (χ4n) is 4.77. The van der Waals surface area contributed by atoms with Crippen molar-refractivity contribution in [3.05, 3.63) is 53.3 Å². The van der Waals surface area contributed by atoms with E-state index in [1.165, 1.54) is 18.2 Å². The Morgan fingerprint density at radius 3 is 2.42 bits per heavy atom. The van der Waals surface area contributed by atoms with E-state index in [4.69, 9.17) is 9.47 Å². The Bertz CT molecular complexity index is 1230. The van der Waals surface area contributed by atoms with Crippen LogP contribution in [0.15, 0.2) is 41.5 Å². The van der Waals surface area contributed by atoms with Gasteiger partial charge in [-0.05, 0) is 26.0 Å². The van der Waals surface area contributed by atoms with Crippen molar-refractivity contribution < 1.29 is 23.9 Å². The van der Waals surface area contributed by atoms with Gasteiger partial charge in [-0.25, -0.2) is 9.98 Å². The summed E-state index contributed by atoms with van der Waals surface area (Å²) in [7, 11) is 1.51. The summed E-state index contributed by atoms with van der Waals surface area (Å²) in [6.45, 7) is 5.96. The van der Waals surface area contributed by atoms with Crippen molar-refractivity contribution in [2.45, 2.75) is 25.3 Å². The lowest BCUT2D eigenvalue weighted by molar-refractivity contribution is -0.146. The number of rotatable bonds is 5. The molecule has 0 radical (unpaired) electrons. The van der Waals surface area contributed by atoms with Gasteiger partial charge in [0.15, 0.2) is 0 Å². The predicted octanol–water partition coefficient (Wildman–Crippen LogP) is 1.71. The molecule has 10 heteroatoms. The number of carbonyl (C=O) groups is 3. The van der Waals surface area contributed by atoms with E-state index in [0.29, 0.717) is 66.9 Å². The number of aromatic nitrogens is 1. The van der Waals surface area contributed by atoms with Crippen LogP contribution in [0, 0.1) is 0 Å². The number of nitrogens with one attached hydrogen (secondary N) is 1. The summed E-state index contributed by atoms with van der Waals surface area (Å²) in [4.78, 5) is 51.6. The SMILES string of the molecule is COc1cnc(C2=NC(C)(C)CO2)c2c1C(C(=O)C(=O)N1CCN(C(=O)c3ccccc3)CC1)CN2. The minimum absolute atomic E-state index is 0.0760. The molecule has 2 amide bonds. The first kappa shape index (κ1) is 23.8. The van der Waals surface area contributed by atoms with Crippen LogP contribution in [0.1, 0.15) is 41.4 Å². The van der Waals surface area contributed by atoms with Crippen LogP contribution in [-0.2, 0) is 14.3 Å². The third kappa shape index (κ3) is 4.27. The minimum Gasteiger partial charge on any atom is -0.495 e. The molecule has 36 heavy (non-hydrogen) atoms. The first-order chi connectivity index (χ1) is 17.3. The van der Waals surface area contributed by atoms with Crippen molar-refractivity contribution in [2.24, 2.45) is 4.99 Å². The number of Topliss-reactive ketones (excluding diaryl/α,β-unsaturated/α-hetero) is 1. The van der Waals surface area contributed by atoms with E-state index in [9.17, 15) is 14.4 Å². The van der Waals surface area contributed by atoms with Crippen LogP contribution in [0.5, 0.6) is 5.75 Å². The van der Waals surface area contributed by atoms with Gasteiger partial charge in [0.1, 0.15) is 18.1 Å². The summed E-state index contributed by atoms with van der Waals surface area (Å²) in [6.07, 6.45) is 1.54. The Kier molecular flexibility index (Phi) is 6.11. The summed E-state index contributed by atoms with van der Waals surface area (Å²) in [5.41, 5.74) is 1.95. The molecule has 1 aromatic carbocycles. The molecule has 3 aliphatic rings. The van der Waals surface area contributed by atoms with Gasteiger partial charge in [0.25, 0.3) is 11.8 Å². The number of anilines is 1. The van der Waals surface area contributed by atoms with Crippen LogP contribution < -0.4 is 10.1 Å². The molecular formula is C26H29N5O5. The molecule has 10 nitrogen and oxygen atoms in total. The number of fused-ring (bicyclic) bond motifs is 1. The van der Waals surface area contributed by atoms with Gasteiger partial charge in [0.2, 0.25) is 11.7 Å². The Balaban J connectivity index is 1.31. The number of ether oxygens (including phenoxy) is 2. The molecule has 4 heterocycles. The third-order valence-corrected chi connectivity index (χ3v) is 6.70. The minimum atomic E-state index is -0.719. The largest absolute Gasteiger partial charge is 0.495 e. The molecule has 1 fully saturated rings. The summed E-state index contributed by atoms with van der Waals surface area (Å²) in [5.74, 6) is -1.03. The van der Waals surface area contributed by atoms with Crippen molar-refractivity contribution in [1.29, 1.82) is 0 Å². The van der Waals surface area contributed by atoms with Gasteiger partial charge in [0.05, 0.1) is 30.5 Å². The monoisotopic (exact) mass is 491 g/mol. The molecule has 0 bridgehead atoms. The average Bonchev–Trinajstić information content (AvgIpc) is 3.51. The summed E-state index contributed by atoms with van der Waals surface area (Å²) >= 11 is 0. The topological polar surface area (TPSA) is 113 Å². The van der Waals surface area contributed by atoms with Gasteiger partial charge in [-0.3, -0.25) is 14.4 Å². The van der Waals surface area contributed by atoms with Crippen LogP contribution in [0.3, 0.4) is 0 Å². The molecule has 1 N–H and O–H groups in total. The van der Waals surface area contributed by atoms with E-state index in [-0.39, 0.29) is 18.0 Å². The molecule has 188 valence electrons. The van der Waals surface area contributed by atoms with E-state index < -0.39 is 17.6 Å². The Morgan fingerprint density at radius 2 is 1.78 bits per heavy atom. The highest BCUT2D eigenvalue weighted by Crippen LogP contribution is 2.41. The van der Waals surface area contributed by atoms with Gasteiger partial charge >= 0.3 is 0 Å². The highest BCUT2D eigenvalue weighted by Gasteiger charge is 2.41. The number of carbonyl (C=O) groups excluding carboxylic acids is 3. The highest BCUT2D eigenvalue weighted by atomic mass is 16.5. The zero-order chi connectivity index (χ0) is 25.4. The number of piperazine rings is 1. The van der Waals surface area contributed by atoms with Gasteiger partial charge < -0.3 is 24.6 Å². The number of hydrogen-bond donors (Lipinski definition) is 1. The van der Waals surface area contributed by atoms with Crippen molar-refractivity contribution in [3.63, 3.8) is 0 Å². The molecule has 0 saturated carbocycles. The van der Waals surface area contributed by atoms with Gasteiger partial charge in [-0.1, -0.05) is 18.2 Å². The number of ketones is 1. The van der Waals surface area contributed by atoms with Crippen LogP contribution in [0.25, 0.3) is 0 Å². The van der Waals surface area contributed by atoms with E-state index >= 15 is 0 Å². The second-order valence-corrected chi connectivity index (χ2v) is 9.73. The van der Waals surface area contributed by atoms with E-state index in [1.54, 1.807) is 17.0 Å². The molecule has 3 aliphatic heterocycles. The lowest BCUT2D eigenvalue weighted by Gasteiger charge is -2.34.